The van der Waals surface area contributed by atoms with Crippen LogP contribution in [0.25, 0.3) is 0 Å². The van der Waals surface area contributed by atoms with Crippen molar-refractivity contribution in [2.24, 2.45) is 10.9 Å². The van der Waals surface area contributed by atoms with Crippen molar-refractivity contribution in [3.63, 3.8) is 0 Å². The first-order valence-electron chi connectivity index (χ1n) is 9.73. The van der Waals surface area contributed by atoms with E-state index in [1.54, 1.807) is 11.8 Å². The molecule has 2 heterocycles. The summed E-state index contributed by atoms with van der Waals surface area (Å²) in [6.07, 6.45) is 6.52. The first-order chi connectivity index (χ1) is 12.6. The summed E-state index contributed by atoms with van der Waals surface area (Å²) in [5.41, 5.74) is 0. The first-order valence-corrected chi connectivity index (χ1v) is 11.0. The lowest BCUT2D eigenvalue weighted by Gasteiger charge is -2.14. The zero-order chi connectivity index (χ0) is 18.8. The van der Waals surface area contributed by atoms with E-state index in [9.17, 15) is 0 Å². The van der Waals surface area contributed by atoms with Crippen LogP contribution in [0.3, 0.4) is 0 Å². The summed E-state index contributed by atoms with van der Waals surface area (Å²) in [6.45, 7) is 10.8. The lowest BCUT2D eigenvalue weighted by Crippen LogP contribution is -2.38. The fourth-order valence-corrected chi connectivity index (χ4v) is 3.50. The van der Waals surface area contributed by atoms with E-state index in [0.717, 1.165) is 75.4 Å². The first kappa shape index (κ1) is 21.0. The molecule has 0 bridgehead atoms. The highest BCUT2D eigenvalue weighted by atomic mass is 32.2. The number of guanidine groups is 1. The smallest absolute Gasteiger partial charge is 0.191 e. The minimum atomic E-state index is 0.282. The second-order valence-corrected chi connectivity index (χ2v) is 7.77. The van der Waals surface area contributed by atoms with Gasteiger partial charge < -0.3 is 19.9 Å². The summed E-state index contributed by atoms with van der Waals surface area (Å²) in [5, 5.41) is 16.4. The van der Waals surface area contributed by atoms with Gasteiger partial charge in [0.05, 0.1) is 12.6 Å². The van der Waals surface area contributed by atoms with Gasteiger partial charge in [-0.2, -0.15) is 0 Å². The molecule has 8 heteroatoms. The number of hydrogen-bond donors (Lipinski definition) is 2. The molecule has 1 aromatic heterocycles. The van der Waals surface area contributed by atoms with Crippen molar-refractivity contribution in [3.8, 4) is 0 Å². The van der Waals surface area contributed by atoms with Crippen molar-refractivity contribution in [2.45, 2.75) is 64.3 Å². The molecule has 0 aromatic carbocycles. The van der Waals surface area contributed by atoms with Crippen molar-refractivity contribution in [1.82, 2.24) is 25.4 Å². The van der Waals surface area contributed by atoms with Gasteiger partial charge in [0.1, 0.15) is 5.82 Å². The van der Waals surface area contributed by atoms with Gasteiger partial charge in [-0.3, -0.25) is 4.99 Å². The Morgan fingerprint density at radius 3 is 2.88 bits per heavy atom. The van der Waals surface area contributed by atoms with Gasteiger partial charge in [-0.05, 0) is 38.4 Å². The summed E-state index contributed by atoms with van der Waals surface area (Å²) in [4.78, 5) is 4.65. The standard InChI is InChI=1S/C18H34N6OS/c1-5-19-17(21-12-15-8-7-11-25-15)20-10-6-9-16-22-23-18(26-4)24(16)13-14(2)3/h14-15H,5-13H2,1-4H3,(H2,19,20,21). The van der Waals surface area contributed by atoms with E-state index in [1.807, 2.05) is 0 Å². The van der Waals surface area contributed by atoms with Gasteiger partial charge in [0, 0.05) is 32.7 Å². The third-order valence-electron chi connectivity index (χ3n) is 4.21. The number of aliphatic imine (C=N–C) groups is 1. The van der Waals surface area contributed by atoms with Crippen LogP contribution in [0.5, 0.6) is 0 Å². The maximum atomic E-state index is 5.64. The second kappa shape index (κ2) is 11.4. The molecule has 7 nitrogen and oxygen atoms in total. The molecule has 1 saturated heterocycles. The van der Waals surface area contributed by atoms with Crippen molar-refractivity contribution in [2.75, 3.05) is 32.5 Å². The highest BCUT2D eigenvalue weighted by Crippen LogP contribution is 2.16. The van der Waals surface area contributed by atoms with E-state index < -0.39 is 0 Å². The van der Waals surface area contributed by atoms with E-state index in [4.69, 9.17) is 4.74 Å². The molecule has 26 heavy (non-hydrogen) atoms. The van der Waals surface area contributed by atoms with Crippen LogP contribution < -0.4 is 10.6 Å². The van der Waals surface area contributed by atoms with Crippen LogP contribution in [0.4, 0.5) is 0 Å². The Morgan fingerprint density at radius 2 is 2.23 bits per heavy atom. The Bertz CT molecular complexity index is 554. The highest BCUT2D eigenvalue weighted by molar-refractivity contribution is 7.98. The minimum absolute atomic E-state index is 0.282. The van der Waals surface area contributed by atoms with E-state index in [-0.39, 0.29) is 6.10 Å². The van der Waals surface area contributed by atoms with Crippen molar-refractivity contribution >= 4 is 17.7 Å². The Morgan fingerprint density at radius 1 is 1.38 bits per heavy atom. The fourth-order valence-electron chi connectivity index (χ4n) is 2.98. The average molecular weight is 383 g/mol. The average Bonchev–Trinajstić information content (AvgIpc) is 3.26. The normalized spacial score (nSPS) is 17.9. The monoisotopic (exact) mass is 382 g/mol. The highest BCUT2D eigenvalue weighted by Gasteiger charge is 2.15. The quantitative estimate of drug-likeness (QED) is 0.280. The van der Waals surface area contributed by atoms with Crippen LogP contribution in [-0.2, 0) is 17.7 Å². The van der Waals surface area contributed by atoms with Crippen LogP contribution in [-0.4, -0.2) is 59.3 Å². The lowest BCUT2D eigenvalue weighted by molar-refractivity contribution is 0.117. The maximum absolute atomic E-state index is 5.64. The van der Waals surface area contributed by atoms with E-state index in [2.05, 4.69) is 57.4 Å². The maximum Gasteiger partial charge on any atom is 0.191 e. The number of thioether (sulfide) groups is 1. The van der Waals surface area contributed by atoms with Gasteiger partial charge in [-0.1, -0.05) is 25.6 Å². The molecule has 1 unspecified atom stereocenters. The molecule has 0 spiro atoms. The molecule has 0 saturated carbocycles. The number of hydrogen-bond acceptors (Lipinski definition) is 5. The second-order valence-electron chi connectivity index (χ2n) is 6.99. The Hall–Kier alpha value is -1.28. The Kier molecular flexibility index (Phi) is 9.25. The molecular formula is C18H34N6OS. The zero-order valence-electron chi connectivity index (χ0n) is 16.6. The van der Waals surface area contributed by atoms with Gasteiger partial charge in [0.2, 0.25) is 0 Å². The Labute approximate surface area is 161 Å². The van der Waals surface area contributed by atoms with Crippen LogP contribution in [0.1, 0.15) is 45.9 Å². The van der Waals surface area contributed by atoms with Crippen LogP contribution >= 0.6 is 11.8 Å². The summed E-state index contributed by atoms with van der Waals surface area (Å²) in [6, 6.07) is 0. The van der Waals surface area contributed by atoms with Crippen molar-refractivity contribution in [1.29, 1.82) is 0 Å². The summed E-state index contributed by atoms with van der Waals surface area (Å²) < 4.78 is 7.90. The van der Waals surface area contributed by atoms with E-state index in [1.165, 1.54) is 0 Å². The number of ether oxygens (including phenoxy) is 1. The van der Waals surface area contributed by atoms with Gasteiger partial charge in [0.25, 0.3) is 0 Å². The third kappa shape index (κ3) is 6.79. The lowest BCUT2D eigenvalue weighted by atomic mass is 10.2. The molecule has 2 rings (SSSR count). The summed E-state index contributed by atoms with van der Waals surface area (Å²) in [5.74, 6) is 2.53. The summed E-state index contributed by atoms with van der Waals surface area (Å²) >= 11 is 1.66. The number of aryl methyl sites for hydroxylation is 1. The van der Waals surface area contributed by atoms with Crippen molar-refractivity contribution < 1.29 is 4.74 Å². The third-order valence-corrected chi connectivity index (χ3v) is 4.88. The Balaban J connectivity index is 1.80. The molecule has 1 aliphatic rings. The summed E-state index contributed by atoms with van der Waals surface area (Å²) in [7, 11) is 0. The number of aromatic nitrogens is 3. The molecule has 0 aliphatic carbocycles. The van der Waals surface area contributed by atoms with Gasteiger partial charge in [-0.15, -0.1) is 10.2 Å². The molecule has 1 aliphatic heterocycles. The predicted octanol–water partition coefficient (Wildman–Crippen LogP) is 2.32. The number of nitrogens with one attached hydrogen (secondary N) is 2. The molecule has 0 radical (unpaired) electrons. The number of rotatable bonds is 10. The van der Waals surface area contributed by atoms with Crippen LogP contribution in [0.2, 0.25) is 0 Å². The van der Waals surface area contributed by atoms with Gasteiger partial charge >= 0.3 is 0 Å². The minimum Gasteiger partial charge on any atom is -0.376 e. The molecule has 1 aromatic rings. The molecular weight excluding hydrogens is 348 g/mol. The SMILES string of the molecule is CCNC(=NCC1CCCO1)NCCCc1nnc(SC)n1CC(C)C. The van der Waals surface area contributed by atoms with Gasteiger partial charge in [0.15, 0.2) is 11.1 Å². The van der Waals surface area contributed by atoms with Gasteiger partial charge in [-0.25, -0.2) is 0 Å². The number of nitrogens with zero attached hydrogens (tertiary/aromatic N) is 4. The molecule has 1 atom stereocenters. The molecule has 2 N–H and O–H groups in total. The van der Waals surface area contributed by atoms with E-state index in [0.29, 0.717) is 5.92 Å². The molecule has 148 valence electrons. The molecule has 0 amide bonds. The molecule has 1 fully saturated rings. The van der Waals surface area contributed by atoms with Crippen LogP contribution in [0.15, 0.2) is 10.1 Å². The zero-order valence-corrected chi connectivity index (χ0v) is 17.4. The fraction of sp³-hybridized carbons (Fsp3) is 0.833. The predicted molar refractivity (Wildman–Crippen MR) is 108 cm³/mol. The largest absolute Gasteiger partial charge is 0.376 e. The van der Waals surface area contributed by atoms with E-state index >= 15 is 0 Å². The van der Waals surface area contributed by atoms with Crippen LogP contribution in [0, 0.1) is 5.92 Å². The van der Waals surface area contributed by atoms with Crippen molar-refractivity contribution in [3.05, 3.63) is 5.82 Å². The topological polar surface area (TPSA) is 76.4 Å².